The van der Waals surface area contributed by atoms with Gasteiger partial charge < -0.3 is 14.7 Å². The monoisotopic (exact) mass is 293 g/mol. The Bertz CT molecular complexity index is 437. The van der Waals surface area contributed by atoms with E-state index in [4.69, 9.17) is 4.52 Å². The van der Waals surface area contributed by atoms with Crippen molar-refractivity contribution in [3.05, 3.63) is 11.7 Å². The van der Waals surface area contributed by atoms with E-state index in [1.54, 1.807) is 0 Å². The molecule has 1 aliphatic heterocycles. The average Bonchev–Trinajstić information content (AvgIpc) is 3.22. The van der Waals surface area contributed by atoms with Crippen molar-refractivity contribution in [2.45, 2.75) is 38.1 Å². The van der Waals surface area contributed by atoms with Crippen LogP contribution in [-0.4, -0.2) is 72.3 Å². The van der Waals surface area contributed by atoms with Gasteiger partial charge in [0.25, 0.3) is 0 Å². The predicted molar refractivity (Wildman–Crippen MR) is 81.4 cm³/mol. The summed E-state index contributed by atoms with van der Waals surface area (Å²) in [4.78, 5) is 9.39. The van der Waals surface area contributed by atoms with Crippen molar-refractivity contribution in [3.8, 4) is 0 Å². The maximum Gasteiger partial charge on any atom is 0.229 e. The fourth-order valence-corrected chi connectivity index (χ4v) is 2.78. The van der Waals surface area contributed by atoms with Crippen molar-refractivity contribution >= 4 is 0 Å². The molecule has 21 heavy (non-hydrogen) atoms. The molecular formula is C15H27N5O. The van der Waals surface area contributed by atoms with Gasteiger partial charge in [0.05, 0.1) is 0 Å². The van der Waals surface area contributed by atoms with Crippen molar-refractivity contribution in [2.24, 2.45) is 0 Å². The number of likely N-dealkylation sites (N-methyl/N-ethyl adjacent to an activating group) is 1. The van der Waals surface area contributed by atoms with Crippen molar-refractivity contribution in [1.82, 2.24) is 25.3 Å². The molecule has 0 radical (unpaired) electrons. The molecule has 1 unspecified atom stereocenters. The molecule has 1 aromatic rings. The molecule has 1 N–H and O–H groups in total. The molecule has 0 aromatic carbocycles. The minimum atomic E-state index is 0.503. The number of hydrogen-bond donors (Lipinski definition) is 1. The van der Waals surface area contributed by atoms with E-state index in [0.717, 1.165) is 31.2 Å². The van der Waals surface area contributed by atoms with Crippen LogP contribution in [0.1, 0.15) is 37.4 Å². The molecule has 2 heterocycles. The summed E-state index contributed by atoms with van der Waals surface area (Å²) in [6, 6.07) is 0.503. The zero-order valence-corrected chi connectivity index (χ0v) is 13.2. The molecular weight excluding hydrogens is 266 g/mol. The van der Waals surface area contributed by atoms with Gasteiger partial charge in [0.1, 0.15) is 0 Å². The summed E-state index contributed by atoms with van der Waals surface area (Å²) in [6.07, 6.45) is 3.27. The summed E-state index contributed by atoms with van der Waals surface area (Å²) in [6.45, 7) is 9.01. The maximum atomic E-state index is 5.28. The van der Waals surface area contributed by atoms with Gasteiger partial charge in [0.2, 0.25) is 5.89 Å². The Morgan fingerprint density at radius 2 is 2.05 bits per heavy atom. The first kappa shape index (κ1) is 14.9. The highest BCUT2D eigenvalue weighted by Crippen LogP contribution is 2.38. The molecule has 6 nitrogen and oxygen atoms in total. The zero-order chi connectivity index (χ0) is 14.7. The second kappa shape index (κ2) is 6.85. The summed E-state index contributed by atoms with van der Waals surface area (Å²) in [7, 11) is 2.19. The molecule has 1 saturated heterocycles. The van der Waals surface area contributed by atoms with Crippen LogP contribution in [0.15, 0.2) is 4.52 Å². The van der Waals surface area contributed by atoms with Crippen LogP contribution >= 0.6 is 0 Å². The van der Waals surface area contributed by atoms with E-state index >= 15 is 0 Å². The molecule has 1 saturated carbocycles. The van der Waals surface area contributed by atoms with Gasteiger partial charge in [-0.25, -0.2) is 0 Å². The summed E-state index contributed by atoms with van der Waals surface area (Å²) in [5.41, 5.74) is 0. The third-order valence-corrected chi connectivity index (χ3v) is 4.38. The Morgan fingerprint density at radius 3 is 2.76 bits per heavy atom. The molecule has 2 fully saturated rings. The van der Waals surface area contributed by atoms with Crippen LogP contribution in [0.25, 0.3) is 0 Å². The first-order valence-electron chi connectivity index (χ1n) is 8.17. The largest absolute Gasteiger partial charge is 0.339 e. The van der Waals surface area contributed by atoms with Gasteiger partial charge in [-0.2, -0.15) is 4.98 Å². The third-order valence-electron chi connectivity index (χ3n) is 4.38. The van der Waals surface area contributed by atoms with E-state index in [1.807, 2.05) is 0 Å². The molecule has 0 bridgehead atoms. The highest BCUT2D eigenvalue weighted by Gasteiger charge is 2.29. The Labute approximate surface area is 126 Å². The smallest absolute Gasteiger partial charge is 0.229 e. The van der Waals surface area contributed by atoms with Gasteiger partial charge in [-0.1, -0.05) is 5.16 Å². The topological polar surface area (TPSA) is 57.4 Å². The predicted octanol–water partition coefficient (Wildman–Crippen LogP) is 0.715. The lowest BCUT2D eigenvalue weighted by molar-refractivity contribution is 0.144. The number of nitrogens with one attached hydrogen (secondary N) is 1. The molecule has 1 aromatic heterocycles. The quantitative estimate of drug-likeness (QED) is 0.799. The highest BCUT2D eigenvalue weighted by molar-refractivity contribution is 5.01. The number of rotatable bonds is 7. The second-order valence-electron chi connectivity index (χ2n) is 6.53. The number of piperazine rings is 1. The summed E-state index contributed by atoms with van der Waals surface area (Å²) in [5, 5.41) is 7.62. The standard InChI is InChI=1S/C15H27N5O/c1-12(11-20-9-7-19(2)8-10-20)16-6-5-14-17-15(21-18-14)13-3-4-13/h12-13,16H,3-11H2,1-2H3. The van der Waals surface area contributed by atoms with Gasteiger partial charge in [-0.15, -0.1) is 0 Å². The van der Waals surface area contributed by atoms with Crippen molar-refractivity contribution < 1.29 is 4.52 Å². The van der Waals surface area contributed by atoms with E-state index in [9.17, 15) is 0 Å². The van der Waals surface area contributed by atoms with Crippen molar-refractivity contribution in [3.63, 3.8) is 0 Å². The fourth-order valence-electron chi connectivity index (χ4n) is 2.78. The van der Waals surface area contributed by atoms with Crippen LogP contribution in [0.5, 0.6) is 0 Å². The SMILES string of the molecule is CC(CN1CCN(C)CC1)NCCc1noc(C2CC2)n1. The van der Waals surface area contributed by atoms with E-state index in [-0.39, 0.29) is 0 Å². The van der Waals surface area contributed by atoms with Crippen LogP contribution in [0.3, 0.4) is 0 Å². The van der Waals surface area contributed by atoms with E-state index < -0.39 is 0 Å². The lowest BCUT2D eigenvalue weighted by Gasteiger charge is -2.34. The summed E-state index contributed by atoms with van der Waals surface area (Å²) >= 11 is 0. The molecule has 1 aliphatic carbocycles. The van der Waals surface area contributed by atoms with E-state index in [2.05, 4.69) is 39.2 Å². The minimum absolute atomic E-state index is 0.503. The Kier molecular flexibility index (Phi) is 4.87. The lowest BCUT2D eigenvalue weighted by Crippen LogP contribution is -2.49. The van der Waals surface area contributed by atoms with Crippen LogP contribution in [0.4, 0.5) is 0 Å². The third kappa shape index (κ3) is 4.49. The van der Waals surface area contributed by atoms with Crippen LogP contribution in [0, 0.1) is 0 Å². The first-order chi connectivity index (χ1) is 10.2. The fraction of sp³-hybridized carbons (Fsp3) is 0.867. The zero-order valence-electron chi connectivity index (χ0n) is 13.2. The Morgan fingerprint density at radius 1 is 1.29 bits per heavy atom. The summed E-state index contributed by atoms with van der Waals surface area (Å²) < 4.78 is 5.28. The normalized spacial score (nSPS) is 22.6. The first-order valence-corrected chi connectivity index (χ1v) is 8.17. The number of nitrogens with zero attached hydrogens (tertiary/aromatic N) is 4. The van der Waals surface area contributed by atoms with Gasteiger partial charge in [0, 0.05) is 57.6 Å². The van der Waals surface area contributed by atoms with Gasteiger partial charge in [0.15, 0.2) is 5.82 Å². The number of hydrogen-bond acceptors (Lipinski definition) is 6. The molecule has 1 atom stereocenters. The van der Waals surface area contributed by atoms with E-state index in [1.165, 1.54) is 39.0 Å². The Balaban J connectivity index is 1.32. The highest BCUT2D eigenvalue weighted by atomic mass is 16.5. The molecule has 2 aliphatic rings. The van der Waals surface area contributed by atoms with Crippen LogP contribution < -0.4 is 5.32 Å². The molecule has 6 heteroatoms. The number of aromatic nitrogens is 2. The molecule has 3 rings (SSSR count). The van der Waals surface area contributed by atoms with E-state index in [0.29, 0.717) is 12.0 Å². The van der Waals surface area contributed by atoms with Gasteiger partial charge in [-0.3, -0.25) is 4.90 Å². The van der Waals surface area contributed by atoms with Crippen LogP contribution in [-0.2, 0) is 6.42 Å². The molecule has 0 spiro atoms. The second-order valence-corrected chi connectivity index (χ2v) is 6.53. The summed E-state index contributed by atoms with van der Waals surface area (Å²) in [5.74, 6) is 2.24. The maximum absolute atomic E-state index is 5.28. The Hall–Kier alpha value is -0.980. The average molecular weight is 293 g/mol. The van der Waals surface area contributed by atoms with Crippen molar-refractivity contribution in [1.29, 1.82) is 0 Å². The molecule has 0 amide bonds. The van der Waals surface area contributed by atoms with Crippen molar-refractivity contribution in [2.75, 3.05) is 46.3 Å². The van der Waals surface area contributed by atoms with Crippen LogP contribution in [0.2, 0.25) is 0 Å². The minimum Gasteiger partial charge on any atom is -0.339 e. The van der Waals surface area contributed by atoms with Gasteiger partial charge in [-0.05, 0) is 26.8 Å². The lowest BCUT2D eigenvalue weighted by atomic mass is 10.2. The molecule has 118 valence electrons. The van der Waals surface area contributed by atoms with Gasteiger partial charge >= 0.3 is 0 Å².